The van der Waals surface area contributed by atoms with Crippen LogP contribution in [0.15, 0.2) is 42.5 Å². The lowest BCUT2D eigenvalue weighted by molar-refractivity contribution is -0.144. The first-order valence-corrected chi connectivity index (χ1v) is 6.06. The zero-order valence-corrected chi connectivity index (χ0v) is 10.8. The molecule has 1 aromatic rings. The van der Waals surface area contributed by atoms with Gasteiger partial charge in [0.15, 0.2) is 6.10 Å². The van der Waals surface area contributed by atoms with Crippen LogP contribution in [-0.4, -0.2) is 17.9 Å². The van der Waals surface area contributed by atoms with Crippen molar-refractivity contribution in [3.8, 4) is 0 Å². The van der Waals surface area contributed by atoms with Gasteiger partial charge in [-0.15, -0.1) is 0 Å². The van der Waals surface area contributed by atoms with Gasteiger partial charge in [0.1, 0.15) is 0 Å². The van der Waals surface area contributed by atoms with E-state index in [0.717, 1.165) is 6.42 Å². The molecule has 0 aliphatic rings. The SMILES string of the molecule is CCC=CCC(OC(C)=O)C(=O)c1ccccc1. The van der Waals surface area contributed by atoms with Crippen LogP contribution in [0, 0.1) is 0 Å². The van der Waals surface area contributed by atoms with Gasteiger partial charge in [0, 0.05) is 18.9 Å². The number of carbonyl (C=O) groups is 2. The van der Waals surface area contributed by atoms with E-state index in [-0.39, 0.29) is 5.78 Å². The van der Waals surface area contributed by atoms with Crippen LogP contribution in [0.4, 0.5) is 0 Å². The molecule has 0 heterocycles. The molecule has 0 saturated heterocycles. The van der Waals surface area contributed by atoms with Crippen molar-refractivity contribution in [2.45, 2.75) is 32.8 Å². The van der Waals surface area contributed by atoms with Crippen LogP contribution in [0.5, 0.6) is 0 Å². The third kappa shape index (κ3) is 4.53. The monoisotopic (exact) mass is 246 g/mol. The molecule has 0 aromatic heterocycles. The Labute approximate surface area is 107 Å². The number of carbonyl (C=O) groups excluding carboxylic acids is 2. The fourth-order valence-corrected chi connectivity index (χ4v) is 1.58. The zero-order chi connectivity index (χ0) is 13.4. The maximum atomic E-state index is 12.2. The highest BCUT2D eigenvalue weighted by molar-refractivity contribution is 6.00. The largest absolute Gasteiger partial charge is 0.454 e. The van der Waals surface area contributed by atoms with Gasteiger partial charge >= 0.3 is 5.97 Å². The van der Waals surface area contributed by atoms with Crippen LogP contribution in [0.2, 0.25) is 0 Å². The molecule has 96 valence electrons. The van der Waals surface area contributed by atoms with Crippen molar-refractivity contribution in [1.29, 1.82) is 0 Å². The molecule has 0 radical (unpaired) electrons. The van der Waals surface area contributed by atoms with Crippen molar-refractivity contribution in [2.75, 3.05) is 0 Å². The van der Waals surface area contributed by atoms with Crippen LogP contribution < -0.4 is 0 Å². The van der Waals surface area contributed by atoms with E-state index < -0.39 is 12.1 Å². The number of hydrogen-bond donors (Lipinski definition) is 0. The van der Waals surface area contributed by atoms with Gasteiger partial charge < -0.3 is 4.74 Å². The number of rotatable bonds is 6. The highest BCUT2D eigenvalue weighted by atomic mass is 16.5. The summed E-state index contributed by atoms with van der Waals surface area (Å²) in [6, 6.07) is 8.87. The predicted molar refractivity (Wildman–Crippen MR) is 70.4 cm³/mol. The van der Waals surface area contributed by atoms with Crippen molar-refractivity contribution >= 4 is 11.8 Å². The number of hydrogen-bond acceptors (Lipinski definition) is 3. The van der Waals surface area contributed by atoms with Gasteiger partial charge in [0.2, 0.25) is 5.78 Å². The second-order valence-corrected chi connectivity index (χ2v) is 3.94. The van der Waals surface area contributed by atoms with E-state index in [1.165, 1.54) is 6.92 Å². The summed E-state index contributed by atoms with van der Waals surface area (Å²) in [4.78, 5) is 23.2. The molecule has 0 saturated carbocycles. The Bertz CT molecular complexity index is 421. The molecule has 0 amide bonds. The zero-order valence-electron chi connectivity index (χ0n) is 10.8. The van der Waals surface area contributed by atoms with Crippen molar-refractivity contribution < 1.29 is 14.3 Å². The van der Waals surface area contributed by atoms with Crippen molar-refractivity contribution in [2.24, 2.45) is 0 Å². The second kappa shape index (κ2) is 7.43. The van der Waals surface area contributed by atoms with E-state index >= 15 is 0 Å². The number of allylic oxidation sites excluding steroid dienone is 1. The topological polar surface area (TPSA) is 43.4 Å². The van der Waals surface area contributed by atoms with E-state index in [1.54, 1.807) is 24.3 Å². The van der Waals surface area contributed by atoms with Crippen LogP contribution in [0.1, 0.15) is 37.0 Å². The molecule has 18 heavy (non-hydrogen) atoms. The standard InChI is InChI=1S/C15H18O3/c1-3-4-6-11-14(18-12(2)16)15(17)13-9-7-5-8-10-13/h4-10,14H,3,11H2,1-2H3. The summed E-state index contributed by atoms with van der Waals surface area (Å²) in [6.45, 7) is 3.32. The van der Waals surface area contributed by atoms with E-state index in [0.29, 0.717) is 12.0 Å². The summed E-state index contributed by atoms with van der Waals surface area (Å²) in [7, 11) is 0. The lowest BCUT2D eigenvalue weighted by Gasteiger charge is -2.14. The van der Waals surface area contributed by atoms with Gasteiger partial charge in [0.05, 0.1) is 0 Å². The first-order valence-electron chi connectivity index (χ1n) is 6.06. The van der Waals surface area contributed by atoms with E-state index in [9.17, 15) is 9.59 Å². The molecule has 1 aromatic carbocycles. The molecular weight excluding hydrogens is 228 g/mol. The lowest BCUT2D eigenvalue weighted by atomic mass is 10.0. The fraction of sp³-hybridized carbons (Fsp3) is 0.333. The fourth-order valence-electron chi connectivity index (χ4n) is 1.58. The maximum Gasteiger partial charge on any atom is 0.303 e. The summed E-state index contributed by atoms with van der Waals surface area (Å²) in [6.07, 6.45) is 4.41. The van der Waals surface area contributed by atoms with Crippen molar-refractivity contribution in [1.82, 2.24) is 0 Å². The Morgan fingerprint density at radius 1 is 1.22 bits per heavy atom. The minimum Gasteiger partial charge on any atom is -0.454 e. The molecule has 0 spiro atoms. The minimum atomic E-state index is -0.729. The number of benzene rings is 1. The summed E-state index contributed by atoms with van der Waals surface area (Å²) in [5.41, 5.74) is 0.564. The number of Topliss-reactive ketones (excluding diaryl/α,β-unsaturated/α-hetero) is 1. The third-order valence-electron chi connectivity index (χ3n) is 2.41. The third-order valence-corrected chi connectivity index (χ3v) is 2.41. The number of esters is 1. The van der Waals surface area contributed by atoms with Crippen LogP contribution >= 0.6 is 0 Å². The quantitative estimate of drug-likeness (QED) is 0.440. The molecule has 1 unspecified atom stereocenters. The Hall–Kier alpha value is -1.90. The molecule has 0 aliphatic heterocycles. The Balaban J connectivity index is 2.78. The van der Waals surface area contributed by atoms with Crippen LogP contribution in [-0.2, 0) is 9.53 Å². The van der Waals surface area contributed by atoms with Crippen LogP contribution in [0.3, 0.4) is 0 Å². The first-order chi connectivity index (χ1) is 8.65. The summed E-state index contributed by atoms with van der Waals surface area (Å²) < 4.78 is 5.07. The summed E-state index contributed by atoms with van der Waals surface area (Å²) >= 11 is 0. The normalized spacial score (nSPS) is 12.3. The van der Waals surface area contributed by atoms with Gasteiger partial charge in [-0.25, -0.2) is 0 Å². The van der Waals surface area contributed by atoms with E-state index in [4.69, 9.17) is 4.74 Å². The van der Waals surface area contributed by atoms with Gasteiger partial charge in [-0.2, -0.15) is 0 Å². The van der Waals surface area contributed by atoms with Crippen LogP contribution in [0.25, 0.3) is 0 Å². The highest BCUT2D eigenvalue weighted by Crippen LogP contribution is 2.10. The molecule has 3 heteroatoms. The molecule has 0 N–H and O–H groups in total. The predicted octanol–water partition coefficient (Wildman–Crippen LogP) is 3.16. The van der Waals surface area contributed by atoms with Gasteiger partial charge in [-0.05, 0) is 6.42 Å². The average Bonchev–Trinajstić information content (AvgIpc) is 2.37. The average molecular weight is 246 g/mol. The van der Waals surface area contributed by atoms with E-state index in [2.05, 4.69) is 0 Å². The summed E-state index contributed by atoms with van der Waals surface area (Å²) in [5.74, 6) is -0.597. The maximum absolute atomic E-state index is 12.2. The summed E-state index contributed by atoms with van der Waals surface area (Å²) in [5, 5.41) is 0. The number of ether oxygens (including phenoxy) is 1. The molecule has 3 nitrogen and oxygen atoms in total. The molecule has 0 bridgehead atoms. The second-order valence-electron chi connectivity index (χ2n) is 3.94. The molecular formula is C15H18O3. The minimum absolute atomic E-state index is 0.161. The number of ketones is 1. The highest BCUT2D eigenvalue weighted by Gasteiger charge is 2.21. The smallest absolute Gasteiger partial charge is 0.303 e. The Morgan fingerprint density at radius 3 is 2.44 bits per heavy atom. The van der Waals surface area contributed by atoms with Gasteiger partial charge in [-0.3, -0.25) is 9.59 Å². The Morgan fingerprint density at radius 2 is 1.89 bits per heavy atom. The van der Waals surface area contributed by atoms with Gasteiger partial charge in [0.25, 0.3) is 0 Å². The molecule has 0 aliphatic carbocycles. The van der Waals surface area contributed by atoms with Gasteiger partial charge in [-0.1, -0.05) is 49.4 Å². The molecule has 1 rings (SSSR count). The molecule has 0 fully saturated rings. The van der Waals surface area contributed by atoms with Crippen molar-refractivity contribution in [3.05, 3.63) is 48.0 Å². The first kappa shape index (κ1) is 14.2. The van der Waals surface area contributed by atoms with Crippen molar-refractivity contribution in [3.63, 3.8) is 0 Å². The molecule has 1 atom stereocenters. The Kier molecular flexibility index (Phi) is 5.85. The lowest BCUT2D eigenvalue weighted by Crippen LogP contribution is -2.26. The van der Waals surface area contributed by atoms with E-state index in [1.807, 2.05) is 25.1 Å².